The highest BCUT2D eigenvalue weighted by Crippen LogP contribution is 2.27. The largest absolute Gasteiger partial charge is 0.483 e. The van der Waals surface area contributed by atoms with Gasteiger partial charge < -0.3 is 9.72 Å². The summed E-state index contributed by atoms with van der Waals surface area (Å²) in [6.45, 7) is 6.11. The number of hydrogen-bond donors (Lipinski definition) is 2. The number of rotatable bonds is 6. The maximum absolute atomic E-state index is 12.1. The maximum Gasteiger partial charge on any atom is 0.277 e. The van der Waals surface area contributed by atoms with E-state index in [1.807, 2.05) is 49.5 Å². The Morgan fingerprint density at radius 1 is 1.30 bits per heavy atom. The molecule has 0 aliphatic carbocycles. The Bertz CT molecular complexity index is 992. The van der Waals surface area contributed by atoms with Gasteiger partial charge in [0.05, 0.1) is 6.21 Å². The first-order valence-electron chi connectivity index (χ1n) is 8.76. The fourth-order valence-corrected chi connectivity index (χ4v) is 3.18. The minimum Gasteiger partial charge on any atom is -0.483 e. The minimum absolute atomic E-state index is 0.0834. The standard InChI is InChI=1S/C21H22BrN3O2/c1-13(2)17-6-4-14(3)8-20(17)27-12-21(26)25-24-11-15-10-23-19-7-5-16(22)9-18(15)19/h4-11,13,23H,12H2,1-3H3,(H,25,26)/b24-11-. The van der Waals surface area contributed by atoms with Crippen LogP contribution in [0.1, 0.15) is 36.5 Å². The van der Waals surface area contributed by atoms with E-state index in [0.717, 1.165) is 37.8 Å². The highest BCUT2D eigenvalue weighted by atomic mass is 79.9. The molecule has 5 nitrogen and oxygen atoms in total. The number of H-pyrrole nitrogens is 1. The van der Waals surface area contributed by atoms with Crippen LogP contribution in [0, 0.1) is 6.92 Å². The molecule has 3 rings (SSSR count). The molecule has 1 amide bonds. The van der Waals surface area contributed by atoms with Crippen LogP contribution in [-0.4, -0.2) is 23.7 Å². The normalized spacial score (nSPS) is 11.4. The van der Waals surface area contributed by atoms with E-state index in [4.69, 9.17) is 4.74 Å². The number of carbonyl (C=O) groups excluding carboxylic acids is 1. The van der Waals surface area contributed by atoms with Crippen LogP contribution < -0.4 is 10.2 Å². The molecule has 3 aromatic rings. The molecule has 0 aliphatic heterocycles. The molecule has 1 heterocycles. The Labute approximate surface area is 166 Å². The molecule has 27 heavy (non-hydrogen) atoms. The van der Waals surface area contributed by atoms with Crippen LogP contribution >= 0.6 is 15.9 Å². The molecule has 140 valence electrons. The van der Waals surface area contributed by atoms with Crippen LogP contribution in [0.15, 0.2) is 52.2 Å². The maximum atomic E-state index is 12.1. The molecule has 0 saturated heterocycles. The lowest BCUT2D eigenvalue weighted by Gasteiger charge is -2.14. The summed E-state index contributed by atoms with van der Waals surface area (Å²) in [7, 11) is 0. The molecular weight excluding hydrogens is 406 g/mol. The third-order valence-electron chi connectivity index (χ3n) is 4.22. The van der Waals surface area contributed by atoms with Crippen molar-refractivity contribution in [2.45, 2.75) is 26.7 Å². The van der Waals surface area contributed by atoms with E-state index in [-0.39, 0.29) is 12.5 Å². The van der Waals surface area contributed by atoms with Crippen molar-refractivity contribution in [3.8, 4) is 5.75 Å². The van der Waals surface area contributed by atoms with E-state index in [2.05, 4.69) is 45.3 Å². The van der Waals surface area contributed by atoms with Crippen molar-refractivity contribution in [3.63, 3.8) is 0 Å². The summed E-state index contributed by atoms with van der Waals surface area (Å²) in [5, 5.41) is 5.07. The van der Waals surface area contributed by atoms with Gasteiger partial charge in [0.2, 0.25) is 0 Å². The third-order valence-corrected chi connectivity index (χ3v) is 4.71. The van der Waals surface area contributed by atoms with Gasteiger partial charge in [-0.05, 0) is 48.2 Å². The van der Waals surface area contributed by atoms with Crippen LogP contribution in [0.4, 0.5) is 0 Å². The highest BCUT2D eigenvalue weighted by molar-refractivity contribution is 9.10. The molecule has 6 heteroatoms. The second-order valence-electron chi connectivity index (χ2n) is 6.71. The molecule has 0 saturated carbocycles. The predicted molar refractivity (Wildman–Crippen MR) is 112 cm³/mol. The second kappa shape index (κ2) is 8.39. The molecule has 0 bridgehead atoms. The lowest BCUT2D eigenvalue weighted by molar-refractivity contribution is -0.123. The average Bonchev–Trinajstić information content (AvgIpc) is 3.02. The third kappa shape index (κ3) is 4.77. The quantitative estimate of drug-likeness (QED) is 0.434. The van der Waals surface area contributed by atoms with E-state index >= 15 is 0 Å². The monoisotopic (exact) mass is 427 g/mol. The Kier molecular flexibility index (Phi) is 5.96. The van der Waals surface area contributed by atoms with Crippen LogP contribution in [-0.2, 0) is 4.79 Å². The zero-order valence-corrected chi connectivity index (χ0v) is 17.1. The number of fused-ring (bicyclic) bond motifs is 1. The van der Waals surface area contributed by atoms with Crippen molar-refractivity contribution >= 4 is 39.0 Å². The summed E-state index contributed by atoms with van der Waals surface area (Å²) in [6, 6.07) is 12.0. The predicted octanol–water partition coefficient (Wildman–Crippen LogP) is 4.89. The fourth-order valence-electron chi connectivity index (χ4n) is 2.81. The fraction of sp³-hybridized carbons (Fsp3) is 0.238. The molecule has 0 spiro atoms. The Morgan fingerprint density at radius 3 is 2.89 bits per heavy atom. The van der Waals surface area contributed by atoms with E-state index in [9.17, 15) is 4.79 Å². The van der Waals surface area contributed by atoms with Gasteiger partial charge >= 0.3 is 0 Å². The van der Waals surface area contributed by atoms with Crippen LogP contribution in [0.25, 0.3) is 10.9 Å². The number of carbonyl (C=O) groups is 1. The van der Waals surface area contributed by atoms with Crippen molar-refractivity contribution in [1.82, 2.24) is 10.4 Å². The number of amides is 1. The van der Waals surface area contributed by atoms with Gasteiger partial charge in [-0.2, -0.15) is 5.10 Å². The lowest BCUT2D eigenvalue weighted by Crippen LogP contribution is -2.25. The van der Waals surface area contributed by atoms with Gasteiger partial charge in [0.25, 0.3) is 5.91 Å². The number of nitrogens with zero attached hydrogens (tertiary/aromatic N) is 1. The summed E-state index contributed by atoms with van der Waals surface area (Å²) in [5.41, 5.74) is 6.60. The number of nitrogens with one attached hydrogen (secondary N) is 2. The smallest absolute Gasteiger partial charge is 0.277 e. The van der Waals surface area contributed by atoms with Gasteiger partial charge in [-0.3, -0.25) is 4.79 Å². The van der Waals surface area contributed by atoms with Gasteiger partial charge in [-0.1, -0.05) is 41.9 Å². The van der Waals surface area contributed by atoms with Crippen LogP contribution in [0.3, 0.4) is 0 Å². The van der Waals surface area contributed by atoms with Crippen molar-refractivity contribution in [3.05, 3.63) is 63.8 Å². The molecular formula is C21H22BrN3O2. The van der Waals surface area contributed by atoms with Crippen LogP contribution in [0.2, 0.25) is 0 Å². The molecule has 2 N–H and O–H groups in total. The Morgan fingerprint density at radius 2 is 2.11 bits per heavy atom. The number of ether oxygens (including phenoxy) is 1. The van der Waals surface area contributed by atoms with Gasteiger partial charge in [-0.25, -0.2) is 5.43 Å². The SMILES string of the molecule is Cc1ccc(C(C)C)c(OCC(=O)N/N=C\c2c[nH]c3ccc(Br)cc23)c1. The number of hydrogen-bond acceptors (Lipinski definition) is 3. The van der Waals surface area contributed by atoms with Gasteiger partial charge in [0.15, 0.2) is 6.61 Å². The molecule has 0 atom stereocenters. The zero-order chi connectivity index (χ0) is 19.4. The summed E-state index contributed by atoms with van der Waals surface area (Å²) >= 11 is 3.46. The average molecular weight is 428 g/mol. The summed E-state index contributed by atoms with van der Waals surface area (Å²) in [5.74, 6) is 0.761. The highest BCUT2D eigenvalue weighted by Gasteiger charge is 2.10. The number of aromatic nitrogens is 1. The van der Waals surface area contributed by atoms with Gasteiger partial charge in [-0.15, -0.1) is 0 Å². The van der Waals surface area contributed by atoms with Gasteiger partial charge in [0.1, 0.15) is 5.75 Å². The first kappa shape index (κ1) is 19.2. The van der Waals surface area contributed by atoms with E-state index in [0.29, 0.717) is 5.92 Å². The molecule has 2 aromatic carbocycles. The molecule has 0 aliphatic rings. The lowest BCUT2D eigenvalue weighted by atomic mass is 10.0. The zero-order valence-electron chi connectivity index (χ0n) is 15.5. The molecule has 0 unspecified atom stereocenters. The molecule has 0 fully saturated rings. The number of aromatic amines is 1. The number of halogens is 1. The number of benzene rings is 2. The van der Waals surface area contributed by atoms with Crippen LogP contribution in [0.5, 0.6) is 5.75 Å². The van der Waals surface area contributed by atoms with Crippen molar-refractivity contribution < 1.29 is 9.53 Å². The number of aryl methyl sites for hydroxylation is 1. The van der Waals surface area contributed by atoms with Gasteiger partial charge in [0, 0.05) is 27.1 Å². The summed E-state index contributed by atoms with van der Waals surface area (Å²) in [6.07, 6.45) is 3.47. The topological polar surface area (TPSA) is 66.5 Å². The van der Waals surface area contributed by atoms with E-state index in [1.54, 1.807) is 6.21 Å². The first-order valence-corrected chi connectivity index (χ1v) is 9.55. The second-order valence-corrected chi connectivity index (χ2v) is 7.63. The first-order chi connectivity index (χ1) is 12.9. The molecule has 0 radical (unpaired) electrons. The van der Waals surface area contributed by atoms with Crippen molar-refractivity contribution in [2.24, 2.45) is 5.10 Å². The summed E-state index contributed by atoms with van der Waals surface area (Å²) in [4.78, 5) is 15.2. The Hall–Kier alpha value is -2.60. The minimum atomic E-state index is -0.302. The van der Waals surface area contributed by atoms with E-state index < -0.39 is 0 Å². The Balaban J connectivity index is 1.61. The van der Waals surface area contributed by atoms with Crippen molar-refractivity contribution in [2.75, 3.05) is 6.61 Å². The number of hydrazone groups is 1. The summed E-state index contributed by atoms with van der Waals surface area (Å²) < 4.78 is 6.70. The van der Waals surface area contributed by atoms with E-state index in [1.165, 1.54) is 0 Å². The molecule has 1 aromatic heterocycles. The van der Waals surface area contributed by atoms with Crippen molar-refractivity contribution in [1.29, 1.82) is 0 Å².